The van der Waals surface area contributed by atoms with Crippen molar-refractivity contribution in [2.75, 3.05) is 0 Å². The first-order valence-corrected chi connectivity index (χ1v) is 6.03. The van der Waals surface area contributed by atoms with Crippen LogP contribution < -0.4 is 4.74 Å². The maximum absolute atomic E-state index is 5.78. The highest BCUT2D eigenvalue weighted by Gasteiger charge is 2.03. The lowest BCUT2D eigenvalue weighted by Gasteiger charge is -2.06. The Morgan fingerprint density at radius 2 is 2.11 bits per heavy atom. The van der Waals surface area contributed by atoms with Crippen LogP contribution in [0, 0.1) is 0 Å². The van der Waals surface area contributed by atoms with Gasteiger partial charge in [0, 0.05) is 25.0 Å². The average Bonchev–Trinajstić information content (AvgIpc) is 2.82. The summed E-state index contributed by atoms with van der Waals surface area (Å²) < 4.78 is 7.98. The van der Waals surface area contributed by atoms with E-state index in [1.54, 1.807) is 12.4 Å². The Morgan fingerprint density at radius 1 is 1.17 bits per heavy atom. The van der Waals surface area contributed by atoms with Crippen molar-refractivity contribution in [2.24, 2.45) is 0 Å². The monoisotopic (exact) mass is 238 g/mol. The van der Waals surface area contributed by atoms with Crippen molar-refractivity contribution in [3.05, 3.63) is 55.0 Å². The molecule has 1 aromatic carbocycles. The van der Waals surface area contributed by atoms with E-state index in [0.717, 1.165) is 18.0 Å². The van der Waals surface area contributed by atoms with Crippen LogP contribution >= 0.6 is 0 Å². The molecule has 2 heterocycles. The SMILES string of the molecule is CCn1ccc2ccc(Oc3cccnc3)cc21. The van der Waals surface area contributed by atoms with Gasteiger partial charge in [0.15, 0.2) is 0 Å². The Morgan fingerprint density at radius 3 is 2.89 bits per heavy atom. The second-order valence-electron chi connectivity index (χ2n) is 4.11. The standard InChI is InChI=1S/C15H14N2O/c1-2-17-9-7-12-5-6-13(10-15(12)17)18-14-4-3-8-16-11-14/h3-11H,2H2,1H3. The number of ether oxygens (including phenoxy) is 1. The quantitative estimate of drug-likeness (QED) is 0.693. The zero-order chi connectivity index (χ0) is 12.4. The zero-order valence-electron chi connectivity index (χ0n) is 10.2. The number of hydrogen-bond acceptors (Lipinski definition) is 2. The molecular weight excluding hydrogens is 224 g/mol. The summed E-state index contributed by atoms with van der Waals surface area (Å²) in [6.07, 6.45) is 5.54. The second-order valence-corrected chi connectivity index (χ2v) is 4.11. The molecule has 0 N–H and O–H groups in total. The molecule has 3 nitrogen and oxygen atoms in total. The second kappa shape index (κ2) is 4.53. The molecule has 0 unspecified atom stereocenters. The number of nitrogens with zero attached hydrogens (tertiary/aromatic N) is 2. The molecular formula is C15H14N2O. The summed E-state index contributed by atoms with van der Waals surface area (Å²) in [6, 6.07) is 12.0. The highest BCUT2D eigenvalue weighted by molar-refractivity contribution is 5.81. The van der Waals surface area contributed by atoms with E-state index < -0.39 is 0 Å². The lowest BCUT2D eigenvalue weighted by atomic mass is 10.2. The van der Waals surface area contributed by atoms with Crippen molar-refractivity contribution in [1.82, 2.24) is 9.55 Å². The van der Waals surface area contributed by atoms with Crippen LogP contribution in [-0.2, 0) is 6.54 Å². The van der Waals surface area contributed by atoms with Gasteiger partial charge in [-0.3, -0.25) is 4.98 Å². The van der Waals surface area contributed by atoms with Crippen molar-refractivity contribution in [3.63, 3.8) is 0 Å². The van der Waals surface area contributed by atoms with Gasteiger partial charge in [-0.2, -0.15) is 0 Å². The van der Waals surface area contributed by atoms with Crippen LogP contribution in [0.3, 0.4) is 0 Å². The summed E-state index contributed by atoms with van der Waals surface area (Å²) in [7, 11) is 0. The van der Waals surface area contributed by atoms with Crippen LogP contribution in [0.15, 0.2) is 55.0 Å². The molecule has 3 heteroatoms. The van der Waals surface area contributed by atoms with Gasteiger partial charge in [0.25, 0.3) is 0 Å². The molecule has 0 amide bonds. The third kappa shape index (κ3) is 1.95. The highest BCUT2D eigenvalue weighted by Crippen LogP contribution is 2.25. The summed E-state index contributed by atoms with van der Waals surface area (Å²) >= 11 is 0. The molecule has 0 aliphatic rings. The summed E-state index contributed by atoms with van der Waals surface area (Å²) in [5.41, 5.74) is 1.19. The van der Waals surface area contributed by atoms with Gasteiger partial charge in [0.05, 0.1) is 11.7 Å². The van der Waals surface area contributed by atoms with Crippen molar-refractivity contribution in [1.29, 1.82) is 0 Å². The molecule has 3 aromatic rings. The molecule has 0 fully saturated rings. The molecule has 0 aliphatic carbocycles. The molecule has 0 spiro atoms. The summed E-state index contributed by atoms with van der Waals surface area (Å²) in [5, 5.41) is 1.23. The van der Waals surface area contributed by atoms with Crippen LogP contribution in [0.25, 0.3) is 10.9 Å². The van der Waals surface area contributed by atoms with Crippen LogP contribution in [0.4, 0.5) is 0 Å². The Hall–Kier alpha value is -2.29. The fourth-order valence-corrected chi connectivity index (χ4v) is 2.05. The van der Waals surface area contributed by atoms with E-state index in [2.05, 4.69) is 40.9 Å². The fraction of sp³-hybridized carbons (Fsp3) is 0.133. The van der Waals surface area contributed by atoms with Gasteiger partial charge in [-0.25, -0.2) is 0 Å². The minimum atomic E-state index is 0.756. The Bertz CT molecular complexity index is 659. The van der Waals surface area contributed by atoms with E-state index in [1.165, 1.54) is 10.9 Å². The van der Waals surface area contributed by atoms with Crippen LogP contribution in [0.2, 0.25) is 0 Å². The Labute approximate surface area is 106 Å². The number of aryl methyl sites for hydroxylation is 1. The van der Waals surface area contributed by atoms with E-state index in [-0.39, 0.29) is 0 Å². The first-order valence-electron chi connectivity index (χ1n) is 6.03. The minimum Gasteiger partial charge on any atom is -0.456 e. The number of benzene rings is 1. The van der Waals surface area contributed by atoms with Gasteiger partial charge in [-0.05, 0) is 42.6 Å². The van der Waals surface area contributed by atoms with Crippen molar-refractivity contribution in [2.45, 2.75) is 13.5 Å². The van der Waals surface area contributed by atoms with E-state index in [0.29, 0.717) is 0 Å². The van der Waals surface area contributed by atoms with Gasteiger partial charge < -0.3 is 9.30 Å². The third-order valence-electron chi connectivity index (χ3n) is 2.96. The Balaban J connectivity index is 1.97. The van der Waals surface area contributed by atoms with Gasteiger partial charge in [0.2, 0.25) is 0 Å². The largest absolute Gasteiger partial charge is 0.456 e. The van der Waals surface area contributed by atoms with Crippen LogP contribution in [0.5, 0.6) is 11.5 Å². The van der Waals surface area contributed by atoms with Crippen molar-refractivity contribution < 1.29 is 4.74 Å². The predicted molar refractivity (Wildman–Crippen MR) is 71.9 cm³/mol. The molecule has 0 atom stereocenters. The van der Waals surface area contributed by atoms with E-state index in [9.17, 15) is 0 Å². The molecule has 0 saturated heterocycles. The zero-order valence-corrected chi connectivity index (χ0v) is 10.2. The van der Waals surface area contributed by atoms with Crippen molar-refractivity contribution >= 4 is 10.9 Å². The maximum Gasteiger partial charge on any atom is 0.145 e. The molecule has 0 bridgehead atoms. The number of hydrogen-bond donors (Lipinski definition) is 0. The first kappa shape index (κ1) is 10.8. The fourth-order valence-electron chi connectivity index (χ4n) is 2.05. The van der Waals surface area contributed by atoms with Gasteiger partial charge in [-0.15, -0.1) is 0 Å². The Kier molecular flexibility index (Phi) is 2.73. The molecule has 0 radical (unpaired) electrons. The van der Waals surface area contributed by atoms with Gasteiger partial charge >= 0.3 is 0 Å². The van der Waals surface area contributed by atoms with E-state index >= 15 is 0 Å². The minimum absolute atomic E-state index is 0.756. The molecule has 90 valence electrons. The highest BCUT2D eigenvalue weighted by atomic mass is 16.5. The van der Waals surface area contributed by atoms with E-state index in [1.807, 2.05) is 18.2 Å². The van der Waals surface area contributed by atoms with Crippen LogP contribution in [0.1, 0.15) is 6.92 Å². The number of fused-ring (bicyclic) bond motifs is 1. The average molecular weight is 238 g/mol. The van der Waals surface area contributed by atoms with Crippen molar-refractivity contribution in [3.8, 4) is 11.5 Å². The lowest BCUT2D eigenvalue weighted by Crippen LogP contribution is -1.91. The van der Waals surface area contributed by atoms with Gasteiger partial charge in [-0.1, -0.05) is 0 Å². The normalized spacial score (nSPS) is 10.7. The first-order chi connectivity index (χ1) is 8.86. The molecule has 2 aromatic heterocycles. The topological polar surface area (TPSA) is 27.1 Å². The van der Waals surface area contributed by atoms with E-state index in [4.69, 9.17) is 4.74 Å². The summed E-state index contributed by atoms with van der Waals surface area (Å²) in [4.78, 5) is 4.04. The number of pyridine rings is 1. The maximum atomic E-state index is 5.78. The summed E-state index contributed by atoms with van der Waals surface area (Å²) in [6.45, 7) is 3.09. The smallest absolute Gasteiger partial charge is 0.145 e. The third-order valence-corrected chi connectivity index (χ3v) is 2.96. The van der Waals surface area contributed by atoms with Gasteiger partial charge in [0.1, 0.15) is 11.5 Å². The molecule has 0 saturated carbocycles. The summed E-state index contributed by atoms with van der Waals surface area (Å²) in [5.74, 6) is 1.59. The van der Waals surface area contributed by atoms with Crippen LogP contribution in [-0.4, -0.2) is 9.55 Å². The predicted octanol–water partition coefficient (Wildman–Crippen LogP) is 3.85. The molecule has 18 heavy (non-hydrogen) atoms. The molecule has 0 aliphatic heterocycles. The number of rotatable bonds is 3. The molecule has 3 rings (SSSR count). The lowest BCUT2D eigenvalue weighted by molar-refractivity contribution is 0.481. The number of aromatic nitrogens is 2.